The van der Waals surface area contributed by atoms with Gasteiger partial charge in [-0.3, -0.25) is 9.69 Å². The molecule has 206 valence electrons. The number of rotatable bonds is 9. The molecule has 1 aromatic carbocycles. The van der Waals surface area contributed by atoms with Gasteiger partial charge in [-0.2, -0.15) is 0 Å². The van der Waals surface area contributed by atoms with Gasteiger partial charge in [-0.05, 0) is 57.2 Å². The third-order valence-electron chi connectivity index (χ3n) is 6.74. The van der Waals surface area contributed by atoms with Crippen molar-refractivity contribution in [2.45, 2.75) is 89.9 Å². The largest absolute Gasteiger partial charge is 0.504 e. The fourth-order valence-corrected chi connectivity index (χ4v) is 6.12. The van der Waals surface area contributed by atoms with Crippen LogP contribution < -0.4 is 15.4 Å². The van der Waals surface area contributed by atoms with Crippen LogP contribution >= 0.6 is 24.0 Å². The molecule has 3 rings (SSSR count). The smallest absolute Gasteiger partial charge is 0.411 e. The van der Waals surface area contributed by atoms with E-state index in [1.54, 1.807) is 12.1 Å². The van der Waals surface area contributed by atoms with Crippen molar-refractivity contribution in [3.05, 3.63) is 23.8 Å². The monoisotopic (exact) mass is 551 g/mol. The van der Waals surface area contributed by atoms with E-state index >= 15 is 0 Å². The molecule has 37 heavy (non-hydrogen) atoms. The number of thiocarbonyl (C=S) groups is 1. The Kier molecular flexibility index (Phi) is 10.8. The summed E-state index contributed by atoms with van der Waals surface area (Å²) in [6.07, 6.45) is 7.51. The second kappa shape index (κ2) is 13.6. The molecule has 8 nitrogen and oxygen atoms in total. The van der Waals surface area contributed by atoms with E-state index < -0.39 is 17.7 Å². The molecular weight excluding hydrogens is 510 g/mol. The highest BCUT2D eigenvalue weighted by atomic mass is 32.2. The van der Waals surface area contributed by atoms with Gasteiger partial charge in [0.05, 0.1) is 24.0 Å². The SMILES string of the molecule is COc1ccc(CNC(=S)[C@@H](CCC2CCCCC2)NC(=O)[C@@H]2CSCN2C(=O)OC(C)(C)C)cc1O. The van der Waals surface area contributed by atoms with Crippen molar-refractivity contribution < 1.29 is 24.2 Å². The Morgan fingerprint density at radius 3 is 2.62 bits per heavy atom. The van der Waals surface area contributed by atoms with Gasteiger partial charge < -0.3 is 25.2 Å². The van der Waals surface area contributed by atoms with Gasteiger partial charge >= 0.3 is 6.09 Å². The Bertz CT molecular complexity index is 946. The van der Waals surface area contributed by atoms with Crippen molar-refractivity contribution in [1.82, 2.24) is 15.5 Å². The molecular formula is C27H41N3O5S2. The first-order valence-corrected chi connectivity index (χ1v) is 14.6. The van der Waals surface area contributed by atoms with Crippen LogP contribution in [0.2, 0.25) is 0 Å². The highest BCUT2D eigenvalue weighted by Gasteiger charge is 2.38. The van der Waals surface area contributed by atoms with E-state index in [0.717, 1.165) is 18.4 Å². The first kappa shape index (κ1) is 29.4. The van der Waals surface area contributed by atoms with Crippen LogP contribution in [-0.2, 0) is 16.1 Å². The van der Waals surface area contributed by atoms with E-state index in [1.807, 2.05) is 26.8 Å². The Labute approximate surface area is 230 Å². The van der Waals surface area contributed by atoms with E-state index in [4.69, 9.17) is 21.7 Å². The van der Waals surface area contributed by atoms with Gasteiger partial charge in [-0.1, -0.05) is 50.4 Å². The third kappa shape index (κ3) is 8.95. The number of thioether (sulfide) groups is 1. The van der Waals surface area contributed by atoms with Gasteiger partial charge in [-0.25, -0.2) is 4.79 Å². The number of phenols is 1. The predicted molar refractivity (Wildman–Crippen MR) is 151 cm³/mol. The lowest BCUT2D eigenvalue weighted by Gasteiger charge is -2.30. The second-order valence-corrected chi connectivity index (χ2v) is 12.3. The number of methoxy groups -OCH3 is 1. The zero-order chi connectivity index (χ0) is 27.0. The van der Waals surface area contributed by atoms with Gasteiger partial charge in [0.25, 0.3) is 0 Å². The van der Waals surface area contributed by atoms with Crippen LogP contribution in [0.1, 0.15) is 71.3 Å². The standard InChI is InChI=1S/C27H41N3O5S2/c1-27(2,3)35-26(33)30-17-37-16-21(30)24(32)29-20(12-10-18-8-6-5-7-9-18)25(36)28-15-19-11-13-23(34-4)22(31)14-19/h11,13-14,18,20-21,31H,5-10,12,15-17H2,1-4H3,(H,28,36)(H,29,32)/t20-,21+/m1/s1. The average Bonchev–Trinajstić information content (AvgIpc) is 3.35. The Morgan fingerprint density at radius 2 is 1.97 bits per heavy atom. The first-order chi connectivity index (χ1) is 17.6. The molecule has 2 amide bonds. The lowest BCUT2D eigenvalue weighted by atomic mass is 9.85. The number of carbonyl (C=O) groups is 2. The van der Waals surface area contributed by atoms with Gasteiger partial charge in [0.1, 0.15) is 11.6 Å². The lowest BCUT2D eigenvalue weighted by Crippen LogP contribution is -2.54. The van der Waals surface area contributed by atoms with Gasteiger partial charge in [-0.15, -0.1) is 11.8 Å². The molecule has 0 radical (unpaired) electrons. The Balaban J connectivity index is 1.65. The summed E-state index contributed by atoms with van der Waals surface area (Å²) in [7, 11) is 1.51. The quantitative estimate of drug-likeness (QED) is 0.370. The van der Waals surface area contributed by atoms with Crippen LogP contribution in [0.4, 0.5) is 4.79 Å². The molecule has 1 aliphatic heterocycles. The summed E-state index contributed by atoms with van der Waals surface area (Å²) in [6.45, 7) is 5.86. The molecule has 2 atom stereocenters. The van der Waals surface area contributed by atoms with Crippen LogP contribution in [0, 0.1) is 5.92 Å². The summed E-state index contributed by atoms with van der Waals surface area (Å²) >= 11 is 7.28. The van der Waals surface area contributed by atoms with E-state index in [0.29, 0.717) is 34.8 Å². The van der Waals surface area contributed by atoms with Crippen LogP contribution in [0.15, 0.2) is 18.2 Å². The minimum absolute atomic E-state index is 0.0656. The molecule has 2 aliphatic rings. The van der Waals surface area contributed by atoms with E-state index in [9.17, 15) is 14.7 Å². The predicted octanol–water partition coefficient (Wildman–Crippen LogP) is 4.97. The number of benzene rings is 1. The molecule has 1 saturated carbocycles. The van der Waals surface area contributed by atoms with E-state index in [-0.39, 0.29) is 17.7 Å². The van der Waals surface area contributed by atoms with Crippen LogP contribution in [0.25, 0.3) is 0 Å². The maximum Gasteiger partial charge on any atom is 0.411 e. The summed E-state index contributed by atoms with van der Waals surface area (Å²) in [5.74, 6) is 1.85. The molecule has 1 heterocycles. The molecule has 1 aromatic rings. The summed E-state index contributed by atoms with van der Waals surface area (Å²) < 4.78 is 10.6. The Morgan fingerprint density at radius 1 is 1.24 bits per heavy atom. The van der Waals surface area contributed by atoms with Crippen molar-refractivity contribution in [2.24, 2.45) is 5.92 Å². The summed E-state index contributed by atoms with van der Waals surface area (Å²) in [5.41, 5.74) is 0.219. The number of hydrogen-bond donors (Lipinski definition) is 3. The second-order valence-electron chi connectivity index (χ2n) is 10.8. The third-order valence-corrected chi connectivity index (χ3v) is 8.19. The van der Waals surface area contributed by atoms with Gasteiger partial charge in [0.2, 0.25) is 5.91 Å². The molecule has 0 bridgehead atoms. The van der Waals surface area contributed by atoms with Crippen molar-refractivity contribution in [2.75, 3.05) is 18.7 Å². The number of aromatic hydroxyl groups is 1. The molecule has 0 spiro atoms. The molecule has 1 aliphatic carbocycles. The fourth-order valence-electron chi connectivity index (χ4n) is 4.73. The summed E-state index contributed by atoms with van der Waals surface area (Å²) in [5, 5.41) is 16.5. The number of phenolic OH excluding ortho intramolecular Hbond substituents is 1. The van der Waals surface area contributed by atoms with Crippen molar-refractivity contribution in [1.29, 1.82) is 0 Å². The molecule has 3 N–H and O–H groups in total. The number of carbonyl (C=O) groups excluding carboxylic acids is 2. The number of nitrogens with zero attached hydrogens (tertiary/aromatic N) is 1. The van der Waals surface area contributed by atoms with Crippen molar-refractivity contribution >= 4 is 41.0 Å². The topological polar surface area (TPSA) is 100 Å². The molecule has 0 aromatic heterocycles. The minimum atomic E-state index is -0.630. The van der Waals surface area contributed by atoms with Crippen molar-refractivity contribution in [3.8, 4) is 11.5 Å². The number of hydrogen-bond acceptors (Lipinski definition) is 7. The highest BCUT2D eigenvalue weighted by molar-refractivity contribution is 7.99. The summed E-state index contributed by atoms with van der Waals surface area (Å²) in [6, 6.07) is 4.26. The normalized spacial score (nSPS) is 19.2. The number of nitrogens with one attached hydrogen (secondary N) is 2. The zero-order valence-corrected chi connectivity index (χ0v) is 24.0. The fraction of sp³-hybridized carbons (Fsp3) is 0.667. The van der Waals surface area contributed by atoms with Crippen LogP contribution in [0.3, 0.4) is 0 Å². The minimum Gasteiger partial charge on any atom is -0.504 e. The zero-order valence-electron chi connectivity index (χ0n) is 22.4. The average molecular weight is 552 g/mol. The number of amides is 2. The van der Waals surface area contributed by atoms with Crippen LogP contribution in [-0.4, -0.2) is 63.4 Å². The van der Waals surface area contributed by atoms with E-state index in [1.165, 1.54) is 55.9 Å². The first-order valence-electron chi connectivity index (χ1n) is 13.1. The Hall–Kier alpha value is -2.20. The molecule has 0 unspecified atom stereocenters. The van der Waals surface area contributed by atoms with E-state index in [2.05, 4.69) is 10.6 Å². The number of ether oxygens (including phenoxy) is 2. The lowest BCUT2D eigenvalue weighted by molar-refractivity contribution is -0.125. The van der Waals surface area contributed by atoms with Gasteiger partial charge in [0, 0.05) is 12.3 Å². The van der Waals surface area contributed by atoms with Crippen molar-refractivity contribution in [3.63, 3.8) is 0 Å². The molecule has 10 heteroatoms. The maximum atomic E-state index is 13.4. The van der Waals surface area contributed by atoms with Gasteiger partial charge in [0.15, 0.2) is 11.5 Å². The summed E-state index contributed by atoms with van der Waals surface area (Å²) in [4.78, 5) is 28.1. The molecule has 2 fully saturated rings. The van der Waals surface area contributed by atoms with Crippen LogP contribution in [0.5, 0.6) is 11.5 Å². The molecule has 1 saturated heterocycles. The highest BCUT2D eigenvalue weighted by Crippen LogP contribution is 2.29. The maximum absolute atomic E-state index is 13.4.